The minimum absolute atomic E-state index is 0.145. The molecule has 0 unspecified atom stereocenters. The van der Waals surface area contributed by atoms with Crippen molar-refractivity contribution in [3.8, 4) is 6.07 Å². The van der Waals surface area contributed by atoms with Gasteiger partial charge < -0.3 is 16.4 Å². The van der Waals surface area contributed by atoms with Gasteiger partial charge in [0.25, 0.3) is 11.8 Å². The molecule has 0 saturated heterocycles. The summed E-state index contributed by atoms with van der Waals surface area (Å²) in [5, 5.41) is 15.0. The number of hydrogen-bond donors (Lipinski definition) is 3. The summed E-state index contributed by atoms with van der Waals surface area (Å²) in [5.74, 6) is -1.18. The van der Waals surface area contributed by atoms with Crippen LogP contribution >= 0.6 is 11.8 Å². The number of hydrogen-bond acceptors (Lipinski definition) is 5. The highest BCUT2D eigenvalue weighted by Gasteiger charge is 2.13. The van der Waals surface area contributed by atoms with E-state index < -0.39 is 11.8 Å². The first-order valence-corrected chi connectivity index (χ1v) is 9.79. The van der Waals surface area contributed by atoms with Gasteiger partial charge in [-0.15, -0.1) is 0 Å². The Morgan fingerprint density at radius 2 is 1.53 bits per heavy atom. The van der Waals surface area contributed by atoms with E-state index in [0.29, 0.717) is 11.4 Å². The third-order valence-electron chi connectivity index (χ3n) is 4.04. The Hall–Kier alpha value is -4.02. The van der Waals surface area contributed by atoms with Crippen LogP contribution in [-0.4, -0.2) is 11.8 Å². The van der Waals surface area contributed by atoms with Gasteiger partial charge in [-0.1, -0.05) is 54.2 Å². The Bertz CT molecular complexity index is 1140. The van der Waals surface area contributed by atoms with Crippen molar-refractivity contribution < 1.29 is 9.59 Å². The Morgan fingerprint density at radius 3 is 2.23 bits per heavy atom. The standard InChI is InChI=1S/C23H18N4O2S/c24-14-16(15-26-19-11-5-4-10-18(19)22(25)28)23(29)27-20-12-6-7-13-21(20)30-17-8-2-1-3-9-17/h1-13,15,26H,(H2,25,28)(H,27,29)/b16-15-. The molecular weight excluding hydrogens is 396 g/mol. The van der Waals surface area contributed by atoms with Gasteiger partial charge in [0.2, 0.25) is 0 Å². The van der Waals surface area contributed by atoms with Crippen molar-refractivity contribution in [3.05, 3.63) is 96.2 Å². The molecule has 0 aliphatic rings. The van der Waals surface area contributed by atoms with E-state index in [0.717, 1.165) is 9.79 Å². The maximum atomic E-state index is 12.6. The fraction of sp³-hybridized carbons (Fsp3) is 0. The van der Waals surface area contributed by atoms with Crippen molar-refractivity contribution in [3.63, 3.8) is 0 Å². The number of anilines is 2. The molecule has 0 fully saturated rings. The number of rotatable bonds is 7. The lowest BCUT2D eigenvalue weighted by Gasteiger charge is -2.11. The van der Waals surface area contributed by atoms with Crippen LogP contribution in [-0.2, 0) is 4.79 Å². The molecule has 3 aromatic rings. The van der Waals surface area contributed by atoms with Gasteiger partial charge in [0, 0.05) is 16.0 Å². The molecule has 7 heteroatoms. The molecule has 4 N–H and O–H groups in total. The van der Waals surface area contributed by atoms with E-state index in [4.69, 9.17) is 5.73 Å². The summed E-state index contributed by atoms with van der Waals surface area (Å²) in [7, 11) is 0. The number of para-hydroxylation sites is 2. The van der Waals surface area contributed by atoms with Crippen molar-refractivity contribution in [1.29, 1.82) is 5.26 Å². The van der Waals surface area contributed by atoms with Crippen LogP contribution in [0.5, 0.6) is 0 Å². The SMILES string of the molecule is N#C/C(=C/Nc1ccccc1C(N)=O)C(=O)Nc1ccccc1Sc1ccccc1. The van der Waals surface area contributed by atoms with Gasteiger partial charge in [-0.3, -0.25) is 9.59 Å². The van der Waals surface area contributed by atoms with Crippen molar-refractivity contribution in [2.24, 2.45) is 5.73 Å². The highest BCUT2D eigenvalue weighted by Crippen LogP contribution is 2.33. The predicted octanol–water partition coefficient (Wildman–Crippen LogP) is 4.39. The molecule has 3 aromatic carbocycles. The number of benzene rings is 3. The first-order valence-electron chi connectivity index (χ1n) is 8.97. The van der Waals surface area contributed by atoms with Crippen LogP contribution in [0.3, 0.4) is 0 Å². The lowest BCUT2D eigenvalue weighted by atomic mass is 10.1. The van der Waals surface area contributed by atoms with Crippen molar-refractivity contribution in [2.45, 2.75) is 9.79 Å². The number of nitrogens with two attached hydrogens (primary N) is 1. The van der Waals surface area contributed by atoms with Crippen LogP contribution in [0, 0.1) is 11.3 Å². The van der Waals surface area contributed by atoms with Gasteiger partial charge in [0.1, 0.15) is 11.6 Å². The zero-order valence-electron chi connectivity index (χ0n) is 15.8. The van der Waals surface area contributed by atoms with E-state index in [-0.39, 0.29) is 11.1 Å². The highest BCUT2D eigenvalue weighted by molar-refractivity contribution is 7.99. The van der Waals surface area contributed by atoms with Gasteiger partial charge in [-0.25, -0.2) is 0 Å². The lowest BCUT2D eigenvalue weighted by Crippen LogP contribution is -2.16. The summed E-state index contributed by atoms with van der Waals surface area (Å²) in [5.41, 5.74) is 6.47. The monoisotopic (exact) mass is 414 g/mol. The molecule has 148 valence electrons. The van der Waals surface area contributed by atoms with Gasteiger partial charge >= 0.3 is 0 Å². The first kappa shape index (κ1) is 20.7. The number of nitrogens with one attached hydrogen (secondary N) is 2. The zero-order chi connectivity index (χ0) is 21.3. The van der Waals surface area contributed by atoms with Crippen LogP contribution in [0.4, 0.5) is 11.4 Å². The number of carbonyl (C=O) groups is 2. The molecule has 0 aromatic heterocycles. The van der Waals surface area contributed by atoms with Crippen LogP contribution in [0.25, 0.3) is 0 Å². The van der Waals surface area contributed by atoms with Crippen LogP contribution in [0.2, 0.25) is 0 Å². The van der Waals surface area contributed by atoms with E-state index >= 15 is 0 Å². The summed E-state index contributed by atoms with van der Waals surface area (Å²) in [4.78, 5) is 26.0. The van der Waals surface area contributed by atoms with Crippen LogP contribution in [0.15, 0.2) is 100 Å². The second kappa shape index (κ2) is 9.96. The second-order valence-corrected chi connectivity index (χ2v) is 7.20. The van der Waals surface area contributed by atoms with Crippen molar-refractivity contribution >= 4 is 35.0 Å². The number of primary amides is 1. The molecule has 3 rings (SSSR count). The third-order valence-corrected chi connectivity index (χ3v) is 5.12. The normalized spacial score (nSPS) is 10.7. The average molecular weight is 414 g/mol. The van der Waals surface area contributed by atoms with E-state index in [2.05, 4.69) is 10.6 Å². The molecule has 0 aliphatic carbocycles. The molecule has 0 bridgehead atoms. The fourth-order valence-corrected chi connectivity index (χ4v) is 3.51. The van der Waals surface area contributed by atoms with E-state index in [1.54, 1.807) is 30.3 Å². The first-order chi connectivity index (χ1) is 14.6. The largest absolute Gasteiger partial charge is 0.366 e. The molecule has 0 spiro atoms. The number of carbonyl (C=O) groups excluding carboxylic acids is 2. The molecule has 2 amide bonds. The molecular formula is C23H18N4O2S. The predicted molar refractivity (Wildman–Crippen MR) is 118 cm³/mol. The van der Waals surface area contributed by atoms with E-state index in [9.17, 15) is 14.9 Å². The molecule has 0 aliphatic heterocycles. The smallest absolute Gasteiger partial charge is 0.267 e. The van der Waals surface area contributed by atoms with Crippen LogP contribution in [0.1, 0.15) is 10.4 Å². The summed E-state index contributed by atoms with van der Waals surface area (Å²) in [6, 6.07) is 25.6. The maximum Gasteiger partial charge on any atom is 0.267 e. The van der Waals surface area contributed by atoms with Gasteiger partial charge in [-0.2, -0.15) is 5.26 Å². The van der Waals surface area contributed by atoms with Gasteiger partial charge in [0.05, 0.1) is 16.9 Å². The fourth-order valence-electron chi connectivity index (χ4n) is 2.59. The molecule has 6 nitrogen and oxygen atoms in total. The average Bonchev–Trinajstić information content (AvgIpc) is 2.76. The van der Waals surface area contributed by atoms with Crippen molar-refractivity contribution in [2.75, 3.05) is 10.6 Å². The summed E-state index contributed by atoms with van der Waals surface area (Å²) < 4.78 is 0. The molecule has 0 saturated carbocycles. The molecule has 30 heavy (non-hydrogen) atoms. The lowest BCUT2D eigenvalue weighted by molar-refractivity contribution is -0.112. The molecule has 0 radical (unpaired) electrons. The minimum Gasteiger partial charge on any atom is -0.366 e. The van der Waals surface area contributed by atoms with Gasteiger partial charge in [0.15, 0.2) is 0 Å². The summed E-state index contributed by atoms with van der Waals surface area (Å²) in [6.45, 7) is 0. The molecule has 0 heterocycles. The summed E-state index contributed by atoms with van der Waals surface area (Å²) >= 11 is 1.51. The topological polar surface area (TPSA) is 108 Å². The Balaban J connectivity index is 1.77. The second-order valence-electron chi connectivity index (χ2n) is 6.09. The van der Waals surface area contributed by atoms with Gasteiger partial charge in [-0.05, 0) is 36.4 Å². The van der Waals surface area contributed by atoms with E-state index in [1.165, 1.54) is 18.0 Å². The number of nitrogens with zero attached hydrogens (tertiary/aromatic N) is 1. The molecule has 0 atom stereocenters. The van der Waals surface area contributed by atoms with Crippen molar-refractivity contribution in [1.82, 2.24) is 0 Å². The maximum absolute atomic E-state index is 12.6. The summed E-state index contributed by atoms with van der Waals surface area (Å²) in [6.07, 6.45) is 1.25. The Morgan fingerprint density at radius 1 is 0.900 bits per heavy atom. The quantitative estimate of drug-likeness (QED) is 0.392. The number of nitriles is 1. The Kier molecular flexibility index (Phi) is 6.87. The Labute approximate surface area is 178 Å². The third kappa shape index (κ3) is 5.28. The van der Waals surface area contributed by atoms with Crippen LogP contribution < -0.4 is 16.4 Å². The highest BCUT2D eigenvalue weighted by atomic mass is 32.2. The zero-order valence-corrected chi connectivity index (χ0v) is 16.6. The number of amides is 2. The minimum atomic E-state index is -0.610. The van der Waals surface area contributed by atoms with E-state index in [1.807, 2.05) is 54.6 Å².